The van der Waals surface area contributed by atoms with E-state index in [1.807, 2.05) is 19.1 Å². The Labute approximate surface area is 124 Å². The molecule has 1 atom stereocenters. The van der Waals surface area contributed by atoms with Gasteiger partial charge in [0.15, 0.2) is 5.65 Å². The number of rotatable bonds is 6. The zero-order valence-corrected chi connectivity index (χ0v) is 13.2. The zero-order valence-electron chi connectivity index (χ0n) is 12.4. The summed E-state index contributed by atoms with van der Waals surface area (Å²) in [5.74, 6) is 1.46. The van der Waals surface area contributed by atoms with Gasteiger partial charge < -0.3 is 14.2 Å². The summed E-state index contributed by atoms with van der Waals surface area (Å²) >= 11 is 6.24. The third-order valence-corrected chi connectivity index (χ3v) is 3.34. The molecule has 0 aliphatic heterocycles. The van der Waals surface area contributed by atoms with Crippen LogP contribution in [0.4, 0.5) is 0 Å². The second-order valence-electron chi connectivity index (χ2n) is 5.09. The van der Waals surface area contributed by atoms with Gasteiger partial charge in [0.05, 0.1) is 12.5 Å². The van der Waals surface area contributed by atoms with Crippen molar-refractivity contribution in [2.75, 3.05) is 27.7 Å². The molecule has 0 radical (unpaired) electrons. The fourth-order valence-corrected chi connectivity index (χ4v) is 2.35. The summed E-state index contributed by atoms with van der Waals surface area (Å²) in [7, 11) is 5.75. The van der Waals surface area contributed by atoms with Gasteiger partial charge in [-0.2, -0.15) is 4.98 Å². The fraction of sp³-hybridized carbons (Fsp3) is 0.571. The molecule has 1 unspecified atom stereocenters. The van der Waals surface area contributed by atoms with Gasteiger partial charge in [-0.1, -0.05) is 0 Å². The van der Waals surface area contributed by atoms with Crippen molar-refractivity contribution in [3.8, 4) is 5.88 Å². The Kier molecular flexibility index (Phi) is 4.83. The summed E-state index contributed by atoms with van der Waals surface area (Å²) in [4.78, 5) is 11.2. The summed E-state index contributed by atoms with van der Waals surface area (Å²) in [5, 5.41) is -0.144. The number of nitrogens with zero attached hydrogens (tertiary/aromatic N) is 4. The Morgan fingerprint density at radius 3 is 2.70 bits per heavy atom. The van der Waals surface area contributed by atoms with Gasteiger partial charge in [0.1, 0.15) is 11.3 Å². The molecular formula is C14H21ClN4O. The molecule has 0 aliphatic carbocycles. The third-order valence-electron chi connectivity index (χ3n) is 3.15. The summed E-state index contributed by atoms with van der Waals surface area (Å²) in [5.41, 5.74) is 1.70. The van der Waals surface area contributed by atoms with Crippen molar-refractivity contribution >= 4 is 22.8 Å². The first-order chi connectivity index (χ1) is 9.52. The van der Waals surface area contributed by atoms with Crippen LogP contribution in [-0.2, 0) is 6.54 Å². The highest BCUT2D eigenvalue weighted by atomic mass is 35.5. The molecule has 0 saturated carbocycles. The molecule has 0 fully saturated rings. The van der Waals surface area contributed by atoms with Crippen molar-refractivity contribution < 1.29 is 4.74 Å². The van der Waals surface area contributed by atoms with Crippen LogP contribution in [0.15, 0.2) is 12.1 Å². The summed E-state index contributed by atoms with van der Waals surface area (Å²) in [6.07, 6.45) is 1.02. The van der Waals surface area contributed by atoms with E-state index in [0.717, 1.165) is 36.5 Å². The van der Waals surface area contributed by atoms with Crippen LogP contribution in [0.25, 0.3) is 11.2 Å². The van der Waals surface area contributed by atoms with Crippen molar-refractivity contribution in [3.63, 3.8) is 0 Å². The maximum atomic E-state index is 6.24. The number of hydrogen-bond donors (Lipinski definition) is 0. The molecule has 0 spiro atoms. The first-order valence-electron chi connectivity index (χ1n) is 6.73. The molecule has 0 aliphatic rings. The van der Waals surface area contributed by atoms with Crippen LogP contribution in [0.1, 0.15) is 24.5 Å². The number of pyridine rings is 1. The number of alkyl halides is 1. The molecular weight excluding hydrogens is 276 g/mol. The van der Waals surface area contributed by atoms with Crippen molar-refractivity contribution in [2.45, 2.75) is 25.3 Å². The van der Waals surface area contributed by atoms with Gasteiger partial charge in [0, 0.05) is 12.6 Å². The van der Waals surface area contributed by atoms with E-state index >= 15 is 0 Å². The third kappa shape index (κ3) is 3.22. The SMILES string of the molecule is COc1ccc2nc(C(C)Cl)n(CCCN(C)C)c2n1. The van der Waals surface area contributed by atoms with E-state index in [4.69, 9.17) is 16.3 Å². The second-order valence-corrected chi connectivity index (χ2v) is 5.75. The van der Waals surface area contributed by atoms with Crippen molar-refractivity contribution in [2.24, 2.45) is 0 Å². The zero-order chi connectivity index (χ0) is 14.7. The van der Waals surface area contributed by atoms with E-state index in [1.165, 1.54) is 0 Å². The number of fused-ring (bicyclic) bond motifs is 1. The quantitative estimate of drug-likeness (QED) is 0.769. The van der Waals surface area contributed by atoms with Gasteiger partial charge in [-0.05, 0) is 40.1 Å². The highest BCUT2D eigenvalue weighted by Crippen LogP contribution is 2.25. The van der Waals surface area contributed by atoms with E-state index in [0.29, 0.717) is 5.88 Å². The maximum absolute atomic E-state index is 6.24. The van der Waals surface area contributed by atoms with Crippen molar-refractivity contribution in [1.82, 2.24) is 19.4 Å². The predicted molar refractivity (Wildman–Crippen MR) is 81.5 cm³/mol. The normalized spacial score (nSPS) is 13.1. The summed E-state index contributed by atoms with van der Waals surface area (Å²) in [6, 6.07) is 3.74. The lowest BCUT2D eigenvalue weighted by atomic mass is 10.3. The van der Waals surface area contributed by atoms with E-state index in [-0.39, 0.29) is 5.38 Å². The fourth-order valence-electron chi connectivity index (χ4n) is 2.18. The van der Waals surface area contributed by atoms with Crippen LogP contribution in [0, 0.1) is 0 Å². The smallest absolute Gasteiger partial charge is 0.215 e. The minimum absolute atomic E-state index is 0.144. The standard InChI is InChI=1S/C14H21ClN4O/c1-10(15)13-16-11-6-7-12(20-4)17-14(11)19(13)9-5-8-18(2)3/h6-7,10H,5,8-9H2,1-4H3. The van der Waals surface area contributed by atoms with Crippen LogP contribution < -0.4 is 4.74 Å². The Balaban J connectivity index is 2.38. The highest BCUT2D eigenvalue weighted by molar-refractivity contribution is 6.20. The molecule has 6 heteroatoms. The second kappa shape index (κ2) is 6.41. The van der Waals surface area contributed by atoms with Gasteiger partial charge in [0.2, 0.25) is 5.88 Å². The number of ether oxygens (including phenoxy) is 1. The molecule has 5 nitrogen and oxygen atoms in total. The minimum atomic E-state index is -0.144. The van der Waals surface area contributed by atoms with Gasteiger partial charge in [-0.25, -0.2) is 4.98 Å². The van der Waals surface area contributed by atoms with Gasteiger partial charge in [-0.15, -0.1) is 11.6 Å². The lowest BCUT2D eigenvalue weighted by Gasteiger charge is -2.13. The number of imidazole rings is 1. The number of halogens is 1. The summed E-state index contributed by atoms with van der Waals surface area (Å²) < 4.78 is 7.29. The monoisotopic (exact) mass is 296 g/mol. The first kappa shape index (κ1) is 15.1. The molecule has 2 aromatic rings. The Morgan fingerprint density at radius 2 is 2.10 bits per heavy atom. The van der Waals surface area contributed by atoms with Gasteiger partial charge in [0.25, 0.3) is 0 Å². The molecule has 2 rings (SSSR count). The summed E-state index contributed by atoms with van der Waals surface area (Å²) in [6.45, 7) is 3.80. The van der Waals surface area contributed by atoms with Gasteiger partial charge in [-0.3, -0.25) is 0 Å². The van der Waals surface area contributed by atoms with Crippen LogP contribution in [-0.4, -0.2) is 47.2 Å². The predicted octanol–water partition coefficient (Wildman–Crippen LogP) is 2.69. The van der Waals surface area contributed by atoms with Crippen molar-refractivity contribution in [3.05, 3.63) is 18.0 Å². The van der Waals surface area contributed by atoms with E-state index in [2.05, 4.69) is 33.5 Å². The van der Waals surface area contributed by atoms with Crippen LogP contribution in [0.2, 0.25) is 0 Å². The lowest BCUT2D eigenvalue weighted by molar-refractivity contribution is 0.384. The number of aryl methyl sites for hydroxylation is 1. The van der Waals surface area contributed by atoms with E-state index in [9.17, 15) is 0 Å². The van der Waals surface area contributed by atoms with E-state index < -0.39 is 0 Å². The molecule has 0 amide bonds. The Hall–Kier alpha value is -1.33. The molecule has 2 aromatic heterocycles. The molecule has 20 heavy (non-hydrogen) atoms. The molecule has 0 saturated heterocycles. The minimum Gasteiger partial charge on any atom is -0.481 e. The topological polar surface area (TPSA) is 43.2 Å². The molecule has 0 aromatic carbocycles. The van der Waals surface area contributed by atoms with E-state index in [1.54, 1.807) is 7.11 Å². The molecule has 0 N–H and O–H groups in total. The largest absolute Gasteiger partial charge is 0.481 e. The van der Waals surface area contributed by atoms with Crippen molar-refractivity contribution in [1.29, 1.82) is 0 Å². The average molecular weight is 297 g/mol. The maximum Gasteiger partial charge on any atom is 0.215 e. The van der Waals surface area contributed by atoms with Crippen LogP contribution >= 0.6 is 11.6 Å². The Bertz CT molecular complexity index is 580. The van der Waals surface area contributed by atoms with Gasteiger partial charge >= 0.3 is 0 Å². The average Bonchev–Trinajstić information content (AvgIpc) is 2.76. The number of hydrogen-bond acceptors (Lipinski definition) is 4. The number of aromatic nitrogens is 3. The highest BCUT2D eigenvalue weighted by Gasteiger charge is 2.16. The Morgan fingerprint density at radius 1 is 1.35 bits per heavy atom. The molecule has 0 bridgehead atoms. The van der Waals surface area contributed by atoms with Crippen LogP contribution in [0.3, 0.4) is 0 Å². The van der Waals surface area contributed by atoms with Crippen LogP contribution in [0.5, 0.6) is 5.88 Å². The number of methoxy groups -OCH3 is 1. The lowest BCUT2D eigenvalue weighted by Crippen LogP contribution is -2.16. The first-order valence-corrected chi connectivity index (χ1v) is 7.16. The molecule has 110 valence electrons. The molecule has 2 heterocycles.